The second kappa shape index (κ2) is 15.6. The molecule has 0 saturated carbocycles. The third-order valence-electron chi connectivity index (χ3n) is 8.90. The molecule has 0 aliphatic rings. The van der Waals surface area contributed by atoms with Crippen LogP contribution in [0, 0.1) is 40.4 Å². The van der Waals surface area contributed by atoms with E-state index in [1.54, 1.807) is 30.3 Å². The number of carbonyl (C=O) groups excluding carboxylic acids is 2. The van der Waals surface area contributed by atoms with Crippen LogP contribution in [-0.4, -0.2) is 42.0 Å². The van der Waals surface area contributed by atoms with Crippen molar-refractivity contribution in [3.8, 4) is 22.5 Å². The highest BCUT2D eigenvalue weighted by Crippen LogP contribution is 2.29. The van der Waals surface area contributed by atoms with Crippen LogP contribution in [0.5, 0.6) is 0 Å². The standard InChI is InChI=1S/C42H39FN6O4/c1-23-7-6-8-30(13-23)36-20-33(45-40(47-36)42(53)49-38-26(4)16-29(22-51)17-27(38)5)19-31-18-32(43)9-10-34(31)35-11-12-44-39(46-35)41(52)48-37-24(2)14-28(21-50)15-25(37)3/h6-18,20,50-51H,19,21-22H2,1-5H3,(H,48,52)(H,49,53). The minimum Gasteiger partial charge on any atom is -0.392 e. The molecule has 268 valence electrons. The molecule has 2 aromatic heterocycles. The quantitative estimate of drug-likeness (QED) is 0.115. The molecule has 6 rings (SSSR count). The number of nitrogens with one attached hydrogen (secondary N) is 2. The number of hydrogen-bond donors (Lipinski definition) is 4. The van der Waals surface area contributed by atoms with Gasteiger partial charge in [-0.05, 0) is 110 Å². The number of nitrogens with zero attached hydrogens (tertiary/aromatic N) is 4. The summed E-state index contributed by atoms with van der Waals surface area (Å²) in [6, 6.07) is 22.7. The van der Waals surface area contributed by atoms with Crippen molar-refractivity contribution in [2.24, 2.45) is 0 Å². The summed E-state index contributed by atoms with van der Waals surface area (Å²) in [4.78, 5) is 45.2. The van der Waals surface area contributed by atoms with Crippen LogP contribution in [-0.2, 0) is 19.6 Å². The van der Waals surface area contributed by atoms with Crippen LogP contribution in [0.4, 0.5) is 15.8 Å². The Morgan fingerprint density at radius 3 is 1.83 bits per heavy atom. The predicted molar refractivity (Wildman–Crippen MR) is 202 cm³/mol. The summed E-state index contributed by atoms with van der Waals surface area (Å²) in [6.45, 7) is 9.11. The van der Waals surface area contributed by atoms with Gasteiger partial charge >= 0.3 is 0 Å². The molecular formula is C42H39FN6O4. The van der Waals surface area contributed by atoms with Gasteiger partial charge in [0.25, 0.3) is 11.8 Å². The van der Waals surface area contributed by atoms with Gasteiger partial charge < -0.3 is 20.8 Å². The minimum absolute atomic E-state index is 0.0689. The molecule has 4 N–H and O–H groups in total. The number of aromatic nitrogens is 4. The van der Waals surface area contributed by atoms with Crippen LogP contribution in [0.3, 0.4) is 0 Å². The summed E-state index contributed by atoms with van der Waals surface area (Å²) in [5, 5.41) is 25.0. The van der Waals surface area contributed by atoms with E-state index < -0.39 is 17.6 Å². The Kier molecular flexibility index (Phi) is 10.8. The highest BCUT2D eigenvalue weighted by Gasteiger charge is 2.20. The maximum Gasteiger partial charge on any atom is 0.293 e. The van der Waals surface area contributed by atoms with Crippen molar-refractivity contribution < 1.29 is 24.2 Å². The number of anilines is 2. The molecular weight excluding hydrogens is 671 g/mol. The number of aryl methyl sites for hydroxylation is 5. The Morgan fingerprint density at radius 2 is 1.25 bits per heavy atom. The van der Waals surface area contributed by atoms with Gasteiger partial charge in [0.05, 0.1) is 24.6 Å². The highest BCUT2D eigenvalue weighted by molar-refractivity contribution is 6.03. The molecule has 4 aromatic carbocycles. The SMILES string of the molecule is Cc1cccc(-c2cc(Cc3cc(F)ccc3-c3ccnc(C(=O)Nc4c(C)cc(CO)cc4C)n3)nc(C(=O)Nc3c(C)cc(CO)cc3C)n2)c1. The summed E-state index contributed by atoms with van der Waals surface area (Å²) in [5.41, 5.74) is 10.0. The van der Waals surface area contributed by atoms with Crippen molar-refractivity contribution in [1.82, 2.24) is 19.9 Å². The fourth-order valence-electron chi connectivity index (χ4n) is 6.44. The van der Waals surface area contributed by atoms with Crippen molar-refractivity contribution in [2.75, 3.05) is 10.6 Å². The number of rotatable bonds is 10. The molecule has 0 aliphatic carbocycles. The first-order valence-electron chi connectivity index (χ1n) is 17.0. The lowest BCUT2D eigenvalue weighted by Crippen LogP contribution is -2.19. The van der Waals surface area contributed by atoms with Gasteiger partial charge in [-0.15, -0.1) is 0 Å². The van der Waals surface area contributed by atoms with Crippen molar-refractivity contribution >= 4 is 23.2 Å². The van der Waals surface area contributed by atoms with E-state index in [1.807, 2.05) is 71.0 Å². The predicted octanol–water partition coefficient (Wildman–Crippen LogP) is 7.36. The van der Waals surface area contributed by atoms with Crippen molar-refractivity contribution in [3.05, 3.63) is 153 Å². The Hall–Kier alpha value is -6.17. The first kappa shape index (κ1) is 36.6. The lowest BCUT2D eigenvalue weighted by molar-refractivity contribution is 0.100. The number of amides is 2. The number of hydrogen-bond acceptors (Lipinski definition) is 8. The molecule has 2 heterocycles. The molecule has 0 fully saturated rings. The summed E-state index contributed by atoms with van der Waals surface area (Å²) < 4.78 is 14.9. The second-order valence-electron chi connectivity index (χ2n) is 13.1. The van der Waals surface area contributed by atoms with E-state index in [4.69, 9.17) is 0 Å². The first-order valence-corrected chi connectivity index (χ1v) is 17.0. The van der Waals surface area contributed by atoms with Gasteiger partial charge in [0.1, 0.15) is 5.82 Å². The lowest BCUT2D eigenvalue weighted by Gasteiger charge is -2.15. The monoisotopic (exact) mass is 710 g/mol. The largest absolute Gasteiger partial charge is 0.392 e. The average Bonchev–Trinajstić information content (AvgIpc) is 3.14. The van der Waals surface area contributed by atoms with Crippen molar-refractivity contribution in [3.63, 3.8) is 0 Å². The topological polar surface area (TPSA) is 150 Å². The van der Waals surface area contributed by atoms with Crippen LogP contribution >= 0.6 is 0 Å². The fraction of sp³-hybridized carbons (Fsp3) is 0.190. The van der Waals surface area contributed by atoms with Crippen LogP contribution < -0.4 is 10.6 Å². The third-order valence-corrected chi connectivity index (χ3v) is 8.90. The van der Waals surface area contributed by atoms with Gasteiger partial charge in [-0.1, -0.05) is 48.0 Å². The molecule has 6 aromatic rings. The van der Waals surface area contributed by atoms with E-state index in [-0.39, 0.29) is 31.3 Å². The maximum absolute atomic E-state index is 14.9. The van der Waals surface area contributed by atoms with E-state index in [9.17, 15) is 24.2 Å². The zero-order chi connectivity index (χ0) is 37.8. The fourth-order valence-corrected chi connectivity index (χ4v) is 6.44. The highest BCUT2D eigenvalue weighted by atomic mass is 19.1. The van der Waals surface area contributed by atoms with Crippen LogP contribution in [0.15, 0.2) is 85.1 Å². The molecule has 53 heavy (non-hydrogen) atoms. The van der Waals surface area contributed by atoms with Crippen LogP contribution in [0.1, 0.15) is 71.4 Å². The molecule has 0 saturated heterocycles. The molecule has 2 amide bonds. The molecule has 0 bridgehead atoms. The van der Waals surface area contributed by atoms with Gasteiger partial charge in [-0.25, -0.2) is 24.3 Å². The average molecular weight is 711 g/mol. The lowest BCUT2D eigenvalue weighted by atomic mass is 9.98. The molecule has 10 nitrogen and oxygen atoms in total. The summed E-state index contributed by atoms with van der Waals surface area (Å²) in [5.74, 6) is -1.67. The van der Waals surface area contributed by atoms with E-state index in [1.165, 1.54) is 18.3 Å². The minimum atomic E-state index is -0.524. The Morgan fingerprint density at radius 1 is 0.660 bits per heavy atom. The van der Waals surface area contributed by atoms with Gasteiger partial charge in [-0.3, -0.25) is 9.59 Å². The summed E-state index contributed by atoms with van der Waals surface area (Å²) in [6.07, 6.45) is 1.58. The third kappa shape index (κ3) is 8.33. The van der Waals surface area contributed by atoms with Gasteiger partial charge in [-0.2, -0.15) is 0 Å². The zero-order valence-electron chi connectivity index (χ0n) is 30.1. The number of halogens is 1. The maximum atomic E-state index is 14.9. The smallest absolute Gasteiger partial charge is 0.293 e. The van der Waals surface area contributed by atoms with E-state index in [0.717, 1.165) is 44.5 Å². The van der Waals surface area contributed by atoms with Gasteiger partial charge in [0, 0.05) is 40.8 Å². The molecule has 0 radical (unpaired) electrons. The molecule has 0 aliphatic heterocycles. The van der Waals surface area contributed by atoms with Crippen molar-refractivity contribution in [2.45, 2.75) is 54.3 Å². The van der Waals surface area contributed by atoms with Gasteiger partial charge in [0.15, 0.2) is 0 Å². The Bertz CT molecular complexity index is 2330. The zero-order valence-corrected chi connectivity index (χ0v) is 30.1. The second-order valence-corrected chi connectivity index (χ2v) is 13.1. The van der Waals surface area contributed by atoms with E-state index >= 15 is 0 Å². The van der Waals surface area contributed by atoms with Crippen molar-refractivity contribution in [1.29, 1.82) is 0 Å². The van der Waals surface area contributed by atoms with Crippen LogP contribution in [0.25, 0.3) is 22.5 Å². The first-order chi connectivity index (χ1) is 25.4. The number of aliphatic hydroxyl groups excluding tert-OH is 2. The Balaban J connectivity index is 1.36. The van der Waals surface area contributed by atoms with E-state index in [0.29, 0.717) is 39.6 Å². The molecule has 0 spiro atoms. The molecule has 0 unspecified atom stereocenters. The summed E-state index contributed by atoms with van der Waals surface area (Å²) >= 11 is 0. The Labute approximate surface area is 306 Å². The van der Waals surface area contributed by atoms with Crippen LogP contribution in [0.2, 0.25) is 0 Å². The van der Waals surface area contributed by atoms with E-state index in [2.05, 4.69) is 30.6 Å². The number of carbonyl (C=O) groups is 2. The van der Waals surface area contributed by atoms with Gasteiger partial charge in [0.2, 0.25) is 11.6 Å². The molecule has 11 heteroatoms. The normalized spacial score (nSPS) is 11.0. The summed E-state index contributed by atoms with van der Waals surface area (Å²) in [7, 11) is 0. The molecule has 0 atom stereocenters. The number of aliphatic hydroxyl groups is 2. The number of benzene rings is 4.